The average molecular weight is 453 g/mol. The maximum Gasteiger partial charge on any atom is 0.182 e. The first-order valence-corrected chi connectivity index (χ1v) is 12.7. The molecule has 6 rings (SSSR count). The van der Waals surface area contributed by atoms with Crippen LogP contribution in [0.1, 0.15) is 63.5 Å². The molecule has 4 aromatic rings. The number of hydrogen-bond acceptors (Lipinski definition) is 4. The molecule has 2 aromatic heterocycles. The fourth-order valence-electron chi connectivity index (χ4n) is 5.80. The lowest BCUT2D eigenvalue weighted by Gasteiger charge is -2.42. The monoisotopic (exact) mass is 452 g/mol. The molecule has 0 saturated heterocycles. The molecule has 0 amide bonds. The van der Waals surface area contributed by atoms with Gasteiger partial charge < -0.3 is 4.74 Å². The van der Waals surface area contributed by atoms with E-state index in [4.69, 9.17) is 19.8 Å². The van der Waals surface area contributed by atoms with Crippen molar-refractivity contribution >= 4 is 5.65 Å². The predicted molar refractivity (Wildman–Crippen MR) is 135 cm³/mol. The molecule has 2 heterocycles. The summed E-state index contributed by atoms with van der Waals surface area (Å²) in [7, 11) is 0. The van der Waals surface area contributed by atoms with E-state index < -0.39 is 0 Å². The number of fused-ring (bicyclic) bond motifs is 6. The van der Waals surface area contributed by atoms with Gasteiger partial charge in [0.05, 0.1) is 12.3 Å². The SMILES string of the molecule is CC(C)CCOc1ccc(-c2nc3c4c(ncn3n2)-c2ccccc2CC42CCCCC2)cc1. The molecule has 0 unspecified atom stereocenters. The molecular formula is C29H32N4O. The summed E-state index contributed by atoms with van der Waals surface area (Å²) in [5, 5.41) is 4.84. The van der Waals surface area contributed by atoms with Crippen LogP contribution in [0.2, 0.25) is 0 Å². The van der Waals surface area contributed by atoms with Gasteiger partial charge in [-0.15, -0.1) is 5.10 Å². The maximum atomic E-state index is 5.89. The zero-order valence-corrected chi connectivity index (χ0v) is 20.1. The summed E-state index contributed by atoms with van der Waals surface area (Å²) >= 11 is 0. The Balaban J connectivity index is 1.41. The summed E-state index contributed by atoms with van der Waals surface area (Å²) < 4.78 is 7.79. The van der Waals surface area contributed by atoms with Gasteiger partial charge >= 0.3 is 0 Å². The Morgan fingerprint density at radius 3 is 2.59 bits per heavy atom. The van der Waals surface area contributed by atoms with Crippen molar-refractivity contribution in [3.8, 4) is 28.4 Å². The van der Waals surface area contributed by atoms with Gasteiger partial charge in [0.2, 0.25) is 0 Å². The van der Waals surface area contributed by atoms with Crippen LogP contribution in [-0.4, -0.2) is 26.2 Å². The van der Waals surface area contributed by atoms with E-state index in [0.717, 1.165) is 47.9 Å². The Bertz CT molecular complexity index is 1320. The second-order valence-electron chi connectivity index (χ2n) is 10.4. The van der Waals surface area contributed by atoms with Gasteiger partial charge in [0.15, 0.2) is 11.5 Å². The molecule has 0 aliphatic heterocycles. The van der Waals surface area contributed by atoms with Gasteiger partial charge in [-0.25, -0.2) is 14.5 Å². The number of ether oxygens (including phenoxy) is 1. The Kier molecular flexibility index (Phi) is 5.35. The van der Waals surface area contributed by atoms with Gasteiger partial charge in [-0.1, -0.05) is 57.4 Å². The number of nitrogens with zero attached hydrogens (tertiary/aromatic N) is 4. The average Bonchev–Trinajstić information content (AvgIpc) is 3.29. The van der Waals surface area contributed by atoms with E-state index in [1.807, 2.05) is 23.0 Å². The van der Waals surface area contributed by atoms with Gasteiger partial charge in [-0.2, -0.15) is 0 Å². The highest BCUT2D eigenvalue weighted by Gasteiger charge is 2.42. The van der Waals surface area contributed by atoms with Crippen LogP contribution < -0.4 is 4.74 Å². The molecule has 0 N–H and O–H groups in total. The summed E-state index contributed by atoms with van der Waals surface area (Å²) in [5.41, 5.74) is 7.15. The summed E-state index contributed by atoms with van der Waals surface area (Å²) in [4.78, 5) is 10.1. The van der Waals surface area contributed by atoms with Crippen LogP contribution in [0.5, 0.6) is 5.75 Å². The Labute approximate surface area is 201 Å². The molecule has 0 radical (unpaired) electrons. The zero-order valence-electron chi connectivity index (χ0n) is 20.1. The molecule has 2 aromatic carbocycles. The van der Waals surface area contributed by atoms with E-state index in [1.165, 1.54) is 48.8 Å². The minimum Gasteiger partial charge on any atom is -0.494 e. The van der Waals surface area contributed by atoms with E-state index in [0.29, 0.717) is 5.92 Å². The molecule has 34 heavy (non-hydrogen) atoms. The van der Waals surface area contributed by atoms with E-state index >= 15 is 0 Å². The highest BCUT2D eigenvalue weighted by atomic mass is 16.5. The number of rotatable bonds is 5. The Morgan fingerprint density at radius 1 is 1.00 bits per heavy atom. The van der Waals surface area contributed by atoms with Gasteiger partial charge in [0.1, 0.15) is 12.1 Å². The maximum absolute atomic E-state index is 5.89. The third-order valence-electron chi connectivity index (χ3n) is 7.61. The molecule has 1 spiro atoms. The van der Waals surface area contributed by atoms with E-state index in [2.05, 4.69) is 50.2 Å². The lowest BCUT2D eigenvalue weighted by Crippen LogP contribution is -2.36. The summed E-state index contributed by atoms with van der Waals surface area (Å²) in [6.07, 6.45) is 10.2. The summed E-state index contributed by atoms with van der Waals surface area (Å²) in [5.74, 6) is 2.28. The highest BCUT2D eigenvalue weighted by molar-refractivity contribution is 5.78. The van der Waals surface area contributed by atoms with Crippen molar-refractivity contribution in [3.05, 3.63) is 66.0 Å². The first kappa shape index (κ1) is 21.3. The minimum absolute atomic E-state index is 0.107. The van der Waals surface area contributed by atoms with Crippen LogP contribution in [0.25, 0.3) is 28.3 Å². The van der Waals surface area contributed by atoms with Gasteiger partial charge in [0, 0.05) is 22.1 Å². The third-order valence-corrected chi connectivity index (χ3v) is 7.61. The van der Waals surface area contributed by atoms with E-state index in [-0.39, 0.29) is 5.41 Å². The molecule has 1 saturated carbocycles. The standard InChI is InChI=1S/C29H32N4O/c1-20(2)14-17-34-23-12-10-21(11-13-23)27-31-28-25-26(30-19-33(28)32-27)24-9-5-4-8-22(24)18-29(25)15-6-3-7-16-29/h4-5,8-13,19-20H,3,6-7,14-18H2,1-2H3. The molecule has 2 aliphatic rings. The van der Waals surface area contributed by atoms with Crippen molar-refractivity contribution in [1.29, 1.82) is 0 Å². The molecular weight excluding hydrogens is 420 g/mol. The minimum atomic E-state index is 0.107. The lowest BCUT2D eigenvalue weighted by atomic mass is 9.62. The molecule has 5 heteroatoms. The summed E-state index contributed by atoms with van der Waals surface area (Å²) in [6, 6.07) is 16.9. The number of aromatic nitrogens is 4. The van der Waals surface area contributed by atoms with E-state index in [9.17, 15) is 0 Å². The van der Waals surface area contributed by atoms with Crippen LogP contribution in [0.15, 0.2) is 54.9 Å². The first-order chi connectivity index (χ1) is 16.6. The molecule has 2 aliphatic carbocycles. The normalized spacial score (nSPS) is 16.6. The molecule has 0 atom stereocenters. The molecule has 174 valence electrons. The second-order valence-corrected chi connectivity index (χ2v) is 10.4. The van der Waals surface area contributed by atoms with Gasteiger partial charge in [-0.05, 0) is 61.4 Å². The van der Waals surface area contributed by atoms with Crippen LogP contribution in [0.3, 0.4) is 0 Å². The highest BCUT2D eigenvalue weighted by Crippen LogP contribution is 2.50. The number of hydrogen-bond donors (Lipinski definition) is 0. The van der Waals surface area contributed by atoms with Crippen molar-refractivity contribution in [2.75, 3.05) is 6.61 Å². The molecule has 5 nitrogen and oxygen atoms in total. The Morgan fingerprint density at radius 2 is 1.79 bits per heavy atom. The van der Waals surface area contributed by atoms with Crippen LogP contribution in [0.4, 0.5) is 0 Å². The molecule has 1 fully saturated rings. The largest absolute Gasteiger partial charge is 0.494 e. The summed E-state index contributed by atoms with van der Waals surface area (Å²) in [6.45, 7) is 5.17. The van der Waals surface area contributed by atoms with Gasteiger partial charge in [-0.3, -0.25) is 0 Å². The van der Waals surface area contributed by atoms with Crippen molar-refractivity contribution in [1.82, 2.24) is 19.6 Å². The fourth-order valence-corrected chi connectivity index (χ4v) is 5.80. The van der Waals surface area contributed by atoms with Crippen LogP contribution >= 0.6 is 0 Å². The van der Waals surface area contributed by atoms with Crippen molar-refractivity contribution < 1.29 is 4.74 Å². The van der Waals surface area contributed by atoms with E-state index in [1.54, 1.807) is 0 Å². The lowest BCUT2D eigenvalue weighted by molar-refractivity contribution is 0.288. The molecule has 0 bridgehead atoms. The fraction of sp³-hybridized carbons (Fsp3) is 0.414. The topological polar surface area (TPSA) is 52.3 Å². The first-order valence-electron chi connectivity index (χ1n) is 12.7. The van der Waals surface area contributed by atoms with Gasteiger partial charge in [0.25, 0.3) is 0 Å². The van der Waals surface area contributed by atoms with Crippen molar-refractivity contribution in [2.45, 2.75) is 64.2 Å². The van der Waals surface area contributed by atoms with Crippen molar-refractivity contribution in [2.24, 2.45) is 5.92 Å². The third kappa shape index (κ3) is 3.67. The van der Waals surface area contributed by atoms with Crippen LogP contribution in [0, 0.1) is 5.92 Å². The Hall–Kier alpha value is -3.21. The predicted octanol–water partition coefficient (Wildman–Crippen LogP) is 6.64. The second kappa shape index (κ2) is 8.53. The smallest absolute Gasteiger partial charge is 0.182 e. The van der Waals surface area contributed by atoms with Crippen LogP contribution in [-0.2, 0) is 11.8 Å². The zero-order chi connectivity index (χ0) is 23.1. The quantitative estimate of drug-likeness (QED) is 0.340. The number of benzene rings is 2. The van der Waals surface area contributed by atoms with Crippen molar-refractivity contribution in [3.63, 3.8) is 0 Å².